The molecule has 3 rings (SSSR count). The van der Waals surface area contributed by atoms with E-state index in [9.17, 15) is 4.79 Å². The lowest BCUT2D eigenvalue weighted by Gasteiger charge is -2.11. The minimum atomic E-state index is -0.282. The first-order chi connectivity index (χ1) is 12.0. The van der Waals surface area contributed by atoms with Crippen LogP contribution in [0.3, 0.4) is 0 Å². The summed E-state index contributed by atoms with van der Waals surface area (Å²) in [5.41, 5.74) is 3.11. The number of pyridine rings is 1. The van der Waals surface area contributed by atoms with E-state index in [4.69, 9.17) is 9.47 Å². The van der Waals surface area contributed by atoms with Crippen molar-refractivity contribution in [2.24, 2.45) is 4.99 Å². The van der Waals surface area contributed by atoms with Gasteiger partial charge in [-0.05, 0) is 32.4 Å². The van der Waals surface area contributed by atoms with Crippen LogP contribution in [0.15, 0.2) is 47.6 Å². The summed E-state index contributed by atoms with van der Waals surface area (Å²) in [7, 11) is 0. The number of benzene rings is 1. The molecule has 0 saturated heterocycles. The van der Waals surface area contributed by atoms with Crippen molar-refractivity contribution in [3.63, 3.8) is 0 Å². The van der Waals surface area contributed by atoms with E-state index < -0.39 is 0 Å². The fraction of sp³-hybridized carbons (Fsp3) is 0.350. The molecule has 1 aliphatic rings. The molecule has 1 aliphatic heterocycles. The molecule has 130 valence electrons. The largest absolute Gasteiger partial charge is 0.475 e. The SMILES string of the molecule is CCOC(=O)Cc1cnc(-c2ccccc2)cc1C1=NC(C)(C)CO1. The minimum absolute atomic E-state index is 0.147. The lowest BCUT2D eigenvalue weighted by atomic mass is 10.0. The highest BCUT2D eigenvalue weighted by atomic mass is 16.5. The molecule has 2 heterocycles. The first-order valence-corrected chi connectivity index (χ1v) is 8.41. The van der Waals surface area contributed by atoms with E-state index in [2.05, 4.69) is 9.98 Å². The van der Waals surface area contributed by atoms with Gasteiger partial charge >= 0.3 is 5.97 Å². The maximum Gasteiger partial charge on any atom is 0.310 e. The van der Waals surface area contributed by atoms with Gasteiger partial charge in [0.1, 0.15) is 6.61 Å². The quantitative estimate of drug-likeness (QED) is 0.784. The van der Waals surface area contributed by atoms with E-state index in [0.29, 0.717) is 19.1 Å². The summed E-state index contributed by atoms with van der Waals surface area (Å²) in [5.74, 6) is 0.278. The summed E-state index contributed by atoms with van der Waals surface area (Å²) in [4.78, 5) is 21.1. The first kappa shape index (κ1) is 17.1. The Morgan fingerprint density at radius 2 is 2.04 bits per heavy atom. The number of aromatic nitrogens is 1. The van der Waals surface area contributed by atoms with Crippen LogP contribution in [-0.2, 0) is 20.7 Å². The highest BCUT2D eigenvalue weighted by molar-refractivity contribution is 5.98. The Bertz CT molecular complexity index is 798. The number of rotatable bonds is 5. The fourth-order valence-corrected chi connectivity index (χ4v) is 2.68. The number of hydrogen-bond donors (Lipinski definition) is 0. The Hall–Kier alpha value is -2.69. The van der Waals surface area contributed by atoms with E-state index in [1.165, 1.54) is 0 Å². The fourth-order valence-electron chi connectivity index (χ4n) is 2.68. The summed E-state index contributed by atoms with van der Waals surface area (Å²) >= 11 is 0. The number of hydrogen-bond acceptors (Lipinski definition) is 5. The summed E-state index contributed by atoms with van der Waals surface area (Å²) in [5, 5.41) is 0. The summed E-state index contributed by atoms with van der Waals surface area (Å²) < 4.78 is 10.9. The lowest BCUT2D eigenvalue weighted by Crippen LogP contribution is -2.17. The van der Waals surface area contributed by atoms with Gasteiger partial charge in [0, 0.05) is 17.3 Å². The molecule has 0 N–H and O–H groups in total. The van der Waals surface area contributed by atoms with E-state index in [0.717, 1.165) is 22.4 Å². The van der Waals surface area contributed by atoms with Crippen LogP contribution in [0.1, 0.15) is 31.9 Å². The van der Waals surface area contributed by atoms with Crippen LogP contribution in [0, 0.1) is 0 Å². The van der Waals surface area contributed by atoms with Gasteiger partial charge in [-0.15, -0.1) is 0 Å². The second-order valence-corrected chi connectivity index (χ2v) is 6.59. The van der Waals surface area contributed by atoms with Crippen LogP contribution in [0.5, 0.6) is 0 Å². The lowest BCUT2D eigenvalue weighted by molar-refractivity contribution is -0.142. The molecule has 0 bridgehead atoms. The summed E-state index contributed by atoms with van der Waals surface area (Å²) in [6.45, 7) is 6.70. The zero-order chi connectivity index (χ0) is 17.9. The standard InChI is InChI=1S/C20H22N2O3/c1-4-24-18(23)10-15-12-21-17(14-8-6-5-7-9-14)11-16(15)19-22-20(2,3)13-25-19/h5-9,11-12H,4,10,13H2,1-3H3. The van der Waals surface area contributed by atoms with E-state index >= 15 is 0 Å². The van der Waals surface area contributed by atoms with E-state index in [1.807, 2.05) is 50.2 Å². The molecule has 0 saturated carbocycles. The Balaban J connectivity index is 2.02. The molecular weight excluding hydrogens is 316 g/mol. The topological polar surface area (TPSA) is 60.8 Å². The Labute approximate surface area is 147 Å². The van der Waals surface area contributed by atoms with Gasteiger partial charge in [-0.1, -0.05) is 30.3 Å². The third-order valence-electron chi connectivity index (χ3n) is 3.89. The van der Waals surface area contributed by atoms with Gasteiger partial charge in [-0.3, -0.25) is 9.78 Å². The maximum atomic E-state index is 11.9. The third kappa shape index (κ3) is 4.05. The van der Waals surface area contributed by atoms with E-state index in [-0.39, 0.29) is 17.9 Å². The molecule has 1 aromatic carbocycles. The second-order valence-electron chi connectivity index (χ2n) is 6.59. The number of aliphatic imine (C=N–C) groups is 1. The van der Waals surface area contributed by atoms with Gasteiger partial charge < -0.3 is 9.47 Å². The highest BCUT2D eigenvalue weighted by Gasteiger charge is 2.29. The molecule has 0 spiro atoms. The number of carbonyl (C=O) groups is 1. The van der Waals surface area contributed by atoms with Gasteiger partial charge in [0.05, 0.1) is 24.3 Å². The molecule has 5 nitrogen and oxygen atoms in total. The third-order valence-corrected chi connectivity index (χ3v) is 3.89. The number of ether oxygens (including phenoxy) is 2. The van der Waals surface area contributed by atoms with Crippen molar-refractivity contribution in [2.75, 3.05) is 13.2 Å². The van der Waals surface area contributed by atoms with E-state index in [1.54, 1.807) is 13.1 Å². The summed E-state index contributed by atoms with van der Waals surface area (Å²) in [6, 6.07) is 11.8. The normalized spacial score (nSPS) is 15.4. The van der Waals surface area contributed by atoms with Crippen LogP contribution in [0.25, 0.3) is 11.3 Å². The molecule has 0 atom stereocenters. The molecule has 25 heavy (non-hydrogen) atoms. The second kappa shape index (κ2) is 7.05. The van der Waals surface area contributed by atoms with Crippen LogP contribution < -0.4 is 0 Å². The van der Waals surface area contributed by atoms with Crippen molar-refractivity contribution in [2.45, 2.75) is 32.7 Å². The van der Waals surface area contributed by atoms with Crippen LogP contribution >= 0.6 is 0 Å². The molecule has 5 heteroatoms. The van der Waals surface area contributed by atoms with Crippen molar-refractivity contribution >= 4 is 11.9 Å². The number of esters is 1. The Kier molecular flexibility index (Phi) is 4.83. The molecule has 0 radical (unpaired) electrons. The average Bonchev–Trinajstić information content (AvgIpc) is 2.96. The highest BCUT2D eigenvalue weighted by Crippen LogP contribution is 2.26. The zero-order valence-corrected chi connectivity index (χ0v) is 14.8. The zero-order valence-electron chi connectivity index (χ0n) is 14.8. The van der Waals surface area contributed by atoms with Crippen LogP contribution in [-0.4, -0.2) is 35.6 Å². The molecule has 2 aromatic rings. The van der Waals surface area contributed by atoms with Crippen LogP contribution in [0.2, 0.25) is 0 Å². The molecule has 0 fully saturated rings. The monoisotopic (exact) mass is 338 g/mol. The summed E-state index contributed by atoms with van der Waals surface area (Å²) in [6.07, 6.45) is 1.86. The van der Waals surface area contributed by atoms with Gasteiger partial charge in [0.25, 0.3) is 0 Å². The van der Waals surface area contributed by atoms with Gasteiger partial charge in [0.15, 0.2) is 0 Å². The average molecular weight is 338 g/mol. The van der Waals surface area contributed by atoms with Crippen molar-refractivity contribution < 1.29 is 14.3 Å². The smallest absolute Gasteiger partial charge is 0.310 e. The predicted molar refractivity (Wildman–Crippen MR) is 96.6 cm³/mol. The minimum Gasteiger partial charge on any atom is -0.475 e. The molecule has 1 aromatic heterocycles. The van der Waals surface area contributed by atoms with Crippen LogP contribution in [0.4, 0.5) is 0 Å². The number of carbonyl (C=O) groups excluding carboxylic acids is 1. The number of nitrogens with zero attached hydrogens (tertiary/aromatic N) is 2. The predicted octanol–water partition coefficient (Wildman–Crippen LogP) is 3.41. The van der Waals surface area contributed by atoms with Crippen molar-refractivity contribution in [3.05, 3.63) is 53.7 Å². The Morgan fingerprint density at radius 1 is 1.28 bits per heavy atom. The first-order valence-electron chi connectivity index (χ1n) is 8.41. The Morgan fingerprint density at radius 3 is 2.68 bits per heavy atom. The maximum absolute atomic E-state index is 11.9. The molecular formula is C20H22N2O3. The van der Waals surface area contributed by atoms with Crippen molar-refractivity contribution in [1.82, 2.24) is 4.98 Å². The van der Waals surface area contributed by atoms with Crippen molar-refractivity contribution in [3.8, 4) is 11.3 Å². The van der Waals surface area contributed by atoms with Gasteiger partial charge in [-0.2, -0.15) is 0 Å². The molecule has 0 unspecified atom stereocenters. The van der Waals surface area contributed by atoms with Gasteiger partial charge in [-0.25, -0.2) is 4.99 Å². The van der Waals surface area contributed by atoms with Crippen molar-refractivity contribution in [1.29, 1.82) is 0 Å². The van der Waals surface area contributed by atoms with Gasteiger partial charge in [0.2, 0.25) is 5.90 Å². The molecule has 0 aliphatic carbocycles. The molecule has 0 amide bonds.